The van der Waals surface area contributed by atoms with Crippen LogP contribution in [0.3, 0.4) is 0 Å². The van der Waals surface area contributed by atoms with Gasteiger partial charge in [0.15, 0.2) is 0 Å². The Balaban J connectivity index is 2.18. The third kappa shape index (κ3) is 2.70. The number of nitrogens with zero attached hydrogens (tertiary/aromatic N) is 1. The van der Waals surface area contributed by atoms with Crippen LogP contribution in [0.2, 0.25) is 0 Å². The van der Waals surface area contributed by atoms with Crippen LogP contribution in [0.4, 0.5) is 11.5 Å². The molecule has 0 aliphatic carbocycles. The topological polar surface area (TPSA) is 97.5 Å². The molecule has 0 spiro atoms. The summed E-state index contributed by atoms with van der Waals surface area (Å²) in [6, 6.07) is 1.46. The molecule has 0 bridgehead atoms. The van der Waals surface area contributed by atoms with Crippen LogP contribution in [0.5, 0.6) is 0 Å². The van der Waals surface area contributed by atoms with E-state index in [-0.39, 0.29) is 16.8 Å². The van der Waals surface area contributed by atoms with Crippen LogP contribution in [0, 0.1) is 0 Å². The zero-order valence-corrected chi connectivity index (χ0v) is 10.3. The molecule has 1 aromatic heterocycles. The van der Waals surface area contributed by atoms with Crippen LogP contribution in [0.1, 0.15) is 30.1 Å². The van der Waals surface area contributed by atoms with E-state index in [1.54, 1.807) is 0 Å². The summed E-state index contributed by atoms with van der Waals surface area (Å²) in [4.78, 5) is 15.1. The molecule has 6 heteroatoms. The Labute approximate surface area is 105 Å². The van der Waals surface area contributed by atoms with Gasteiger partial charge in [-0.2, -0.15) is 0 Å². The first-order valence-corrected chi connectivity index (χ1v) is 5.85. The summed E-state index contributed by atoms with van der Waals surface area (Å²) < 4.78 is 5.43. The lowest BCUT2D eigenvalue weighted by molar-refractivity contribution is 0.0539. The van der Waals surface area contributed by atoms with Crippen LogP contribution in [0.25, 0.3) is 0 Å². The van der Waals surface area contributed by atoms with E-state index < -0.39 is 5.97 Å². The van der Waals surface area contributed by atoms with Gasteiger partial charge in [-0.25, -0.2) is 9.78 Å². The number of aromatic nitrogens is 1. The number of aromatic carboxylic acids is 1. The number of nitrogen functional groups attached to an aromatic ring is 1. The van der Waals surface area contributed by atoms with E-state index in [1.807, 2.05) is 6.92 Å². The second kappa shape index (κ2) is 4.81. The maximum absolute atomic E-state index is 11.0. The third-order valence-corrected chi connectivity index (χ3v) is 3.03. The summed E-state index contributed by atoms with van der Waals surface area (Å²) in [5.41, 5.74) is 5.58. The van der Waals surface area contributed by atoms with Gasteiger partial charge in [-0.1, -0.05) is 0 Å². The minimum atomic E-state index is -1.05. The van der Waals surface area contributed by atoms with E-state index in [2.05, 4.69) is 10.3 Å². The Hall–Kier alpha value is -1.82. The van der Waals surface area contributed by atoms with Gasteiger partial charge in [-0.3, -0.25) is 0 Å². The number of hydrogen-bond donors (Lipinski definition) is 3. The van der Waals surface area contributed by atoms with E-state index in [4.69, 9.17) is 15.6 Å². The van der Waals surface area contributed by atoms with Crippen molar-refractivity contribution in [1.82, 2.24) is 4.98 Å². The molecular weight excluding hydrogens is 234 g/mol. The molecule has 1 aromatic rings. The summed E-state index contributed by atoms with van der Waals surface area (Å²) in [6.45, 7) is 3.39. The van der Waals surface area contributed by atoms with Gasteiger partial charge in [0.2, 0.25) is 0 Å². The van der Waals surface area contributed by atoms with Crippen LogP contribution >= 0.6 is 0 Å². The standard InChI is InChI=1S/C12H17N3O3/c1-12(3-2-4-18-7-12)15-10-5-8(11(16)17)9(13)6-14-10/h5-6H,2-4,7,13H2,1H3,(H,14,15)(H,16,17). The van der Waals surface area contributed by atoms with Crippen molar-refractivity contribution in [1.29, 1.82) is 0 Å². The second-order valence-corrected chi connectivity index (χ2v) is 4.80. The minimum absolute atomic E-state index is 0.0628. The molecular formula is C12H17N3O3. The fraction of sp³-hybridized carbons (Fsp3) is 0.500. The van der Waals surface area contributed by atoms with Crippen LogP contribution in [-0.2, 0) is 4.74 Å². The second-order valence-electron chi connectivity index (χ2n) is 4.80. The van der Waals surface area contributed by atoms with Crippen molar-refractivity contribution in [2.24, 2.45) is 0 Å². The molecule has 1 aliphatic heterocycles. The smallest absolute Gasteiger partial charge is 0.337 e. The molecule has 18 heavy (non-hydrogen) atoms. The van der Waals surface area contributed by atoms with Crippen molar-refractivity contribution in [3.05, 3.63) is 17.8 Å². The van der Waals surface area contributed by atoms with Gasteiger partial charge in [-0.15, -0.1) is 0 Å². The van der Waals surface area contributed by atoms with Crippen LogP contribution < -0.4 is 11.1 Å². The molecule has 0 aromatic carbocycles. The summed E-state index contributed by atoms with van der Waals surface area (Å²) >= 11 is 0. The SMILES string of the molecule is CC1(Nc2cc(C(=O)O)c(N)cn2)CCCOC1. The maximum atomic E-state index is 11.0. The van der Waals surface area contributed by atoms with Crippen molar-refractivity contribution in [3.8, 4) is 0 Å². The first-order valence-electron chi connectivity index (χ1n) is 5.85. The van der Waals surface area contributed by atoms with Crippen molar-refractivity contribution >= 4 is 17.5 Å². The monoisotopic (exact) mass is 251 g/mol. The molecule has 0 saturated carbocycles. The predicted molar refractivity (Wildman–Crippen MR) is 67.7 cm³/mol. The lowest BCUT2D eigenvalue weighted by atomic mass is 9.95. The number of ether oxygens (including phenoxy) is 1. The average Bonchev–Trinajstić information content (AvgIpc) is 2.32. The number of carboxylic acids is 1. The molecule has 6 nitrogen and oxygen atoms in total. The molecule has 1 fully saturated rings. The largest absolute Gasteiger partial charge is 0.478 e. The number of anilines is 2. The number of nitrogens with two attached hydrogens (primary N) is 1. The number of carbonyl (C=O) groups is 1. The fourth-order valence-corrected chi connectivity index (χ4v) is 2.06. The van der Waals surface area contributed by atoms with Gasteiger partial charge in [0.05, 0.1) is 29.6 Å². The van der Waals surface area contributed by atoms with Crippen molar-refractivity contribution < 1.29 is 14.6 Å². The maximum Gasteiger partial charge on any atom is 0.337 e. The molecule has 1 aliphatic rings. The predicted octanol–water partition coefficient (Wildman–Crippen LogP) is 1.34. The highest BCUT2D eigenvalue weighted by Gasteiger charge is 2.28. The number of hydrogen-bond acceptors (Lipinski definition) is 5. The molecule has 1 unspecified atom stereocenters. The minimum Gasteiger partial charge on any atom is -0.478 e. The quantitative estimate of drug-likeness (QED) is 0.750. The summed E-state index contributed by atoms with van der Waals surface area (Å²) in [5, 5.41) is 12.2. The molecule has 98 valence electrons. The van der Waals surface area contributed by atoms with E-state index >= 15 is 0 Å². The van der Waals surface area contributed by atoms with E-state index in [0.29, 0.717) is 12.4 Å². The van der Waals surface area contributed by atoms with Crippen molar-refractivity contribution in [2.45, 2.75) is 25.3 Å². The van der Waals surface area contributed by atoms with Crippen molar-refractivity contribution in [2.75, 3.05) is 24.3 Å². The number of carboxylic acid groups (broad SMARTS) is 1. The van der Waals surface area contributed by atoms with Gasteiger partial charge >= 0.3 is 5.97 Å². The lowest BCUT2D eigenvalue weighted by Crippen LogP contribution is -2.43. The van der Waals surface area contributed by atoms with Gasteiger partial charge < -0.3 is 20.9 Å². The Morgan fingerprint density at radius 2 is 2.44 bits per heavy atom. The number of nitrogens with one attached hydrogen (secondary N) is 1. The van der Waals surface area contributed by atoms with Gasteiger partial charge in [-0.05, 0) is 25.8 Å². The Morgan fingerprint density at radius 3 is 3.06 bits per heavy atom. The summed E-state index contributed by atoms with van der Waals surface area (Å²) in [6.07, 6.45) is 3.30. The lowest BCUT2D eigenvalue weighted by Gasteiger charge is -2.34. The first kappa shape index (κ1) is 12.6. The highest BCUT2D eigenvalue weighted by atomic mass is 16.5. The van der Waals surface area contributed by atoms with Gasteiger partial charge in [0.25, 0.3) is 0 Å². The van der Waals surface area contributed by atoms with E-state index in [9.17, 15) is 4.79 Å². The summed E-state index contributed by atoms with van der Waals surface area (Å²) in [7, 11) is 0. The average molecular weight is 251 g/mol. The van der Waals surface area contributed by atoms with Crippen molar-refractivity contribution in [3.63, 3.8) is 0 Å². The molecule has 4 N–H and O–H groups in total. The zero-order valence-electron chi connectivity index (χ0n) is 10.3. The molecule has 0 radical (unpaired) electrons. The Kier molecular flexibility index (Phi) is 3.38. The third-order valence-electron chi connectivity index (χ3n) is 3.03. The van der Waals surface area contributed by atoms with E-state index in [1.165, 1.54) is 12.3 Å². The molecule has 0 amide bonds. The van der Waals surface area contributed by atoms with Crippen LogP contribution in [0.15, 0.2) is 12.3 Å². The fourth-order valence-electron chi connectivity index (χ4n) is 2.06. The van der Waals surface area contributed by atoms with Crippen LogP contribution in [-0.4, -0.2) is 34.8 Å². The zero-order chi connectivity index (χ0) is 13.2. The molecule has 1 atom stereocenters. The highest BCUT2D eigenvalue weighted by molar-refractivity contribution is 5.94. The molecule has 2 rings (SSSR count). The summed E-state index contributed by atoms with van der Waals surface area (Å²) in [5.74, 6) is -0.544. The van der Waals surface area contributed by atoms with Gasteiger partial charge in [0.1, 0.15) is 5.82 Å². The number of rotatable bonds is 3. The normalized spacial score (nSPS) is 23.6. The number of pyridine rings is 1. The van der Waals surface area contributed by atoms with Gasteiger partial charge in [0, 0.05) is 6.61 Å². The molecule has 2 heterocycles. The molecule has 1 saturated heterocycles. The highest BCUT2D eigenvalue weighted by Crippen LogP contribution is 2.24. The Morgan fingerprint density at radius 1 is 1.67 bits per heavy atom. The Bertz CT molecular complexity index is 456. The van der Waals surface area contributed by atoms with E-state index in [0.717, 1.165) is 19.4 Å². The first-order chi connectivity index (χ1) is 8.50.